The van der Waals surface area contributed by atoms with E-state index >= 15 is 0 Å². The zero-order chi connectivity index (χ0) is 15.0. The van der Waals surface area contributed by atoms with Gasteiger partial charge in [0.05, 0.1) is 6.61 Å². The molecule has 0 bridgehead atoms. The second kappa shape index (κ2) is 11.1. The van der Waals surface area contributed by atoms with E-state index in [0.717, 1.165) is 32.7 Å². The largest absolute Gasteiger partial charge is 0.381 e. The summed E-state index contributed by atoms with van der Waals surface area (Å²) in [6, 6.07) is 0. The average Bonchev–Trinajstić information content (AvgIpc) is 2.90. The molecule has 7 heteroatoms. The SMILES string of the molecule is CC(C)CNC(=NCC(=O)N(C)C)NCC1CCOC1.I. The molecule has 1 fully saturated rings. The first kappa shape index (κ1) is 20.4. The number of nitrogens with one attached hydrogen (secondary N) is 2. The van der Waals surface area contributed by atoms with E-state index in [-0.39, 0.29) is 36.4 Å². The monoisotopic (exact) mass is 412 g/mol. The van der Waals surface area contributed by atoms with E-state index < -0.39 is 0 Å². The van der Waals surface area contributed by atoms with Crippen molar-refractivity contribution in [1.29, 1.82) is 0 Å². The third-order valence-corrected chi connectivity index (χ3v) is 3.13. The van der Waals surface area contributed by atoms with Crippen LogP contribution in [0.2, 0.25) is 0 Å². The fraction of sp³-hybridized carbons (Fsp3) is 0.857. The molecule has 1 rings (SSSR count). The van der Waals surface area contributed by atoms with E-state index in [1.54, 1.807) is 19.0 Å². The topological polar surface area (TPSA) is 66.0 Å². The number of rotatable bonds is 6. The third kappa shape index (κ3) is 9.13. The van der Waals surface area contributed by atoms with Gasteiger partial charge in [0.2, 0.25) is 5.91 Å². The number of carbonyl (C=O) groups excluding carboxylic acids is 1. The van der Waals surface area contributed by atoms with Crippen molar-refractivity contribution in [3.63, 3.8) is 0 Å². The number of guanidine groups is 1. The molecule has 0 aromatic heterocycles. The Morgan fingerprint density at radius 3 is 2.62 bits per heavy atom. The van der Waals surface area contributed by atoms with Crippen molar-refractivity contribution in [2.75, 3.05) is 46.9 Å². The molecule has 0 spiro atoms. The van der Waals surface area contributed by atoms with Gasteiger partial charge in [-0.25, -0.2) is 4.99 Å². The van der Waals surface area contributed by atoms with E-state index in [4.69, 9.17) is 4.74 Å². The van der Waals surface area contributed by atoms with Crippen LogP contribution in [0, 0.1) is 11.8 Å². The van der Waals surface area contributed by atoms with Crippen molar-refractivity contribution in [2.24, 2.45) is 16.8 Å². The van der Waals surface area contributed by atoms with Crippen molar-refractivity contribution in [3.05, 3.63) is 0 Å². The number of likely N-dealkylation sites (N-methyl/N-ethyl adjacent to an activating group) is 1. The highest BCUT2D eigenvalue weighted by atomic mass is 127. The summed E-state index contributed by atoms with van der Waals surface area (Å²) in [5.74, 6) is 1.77. The first-order valence-corrected chi connectivity index (χ1v) is 7.29. The van der Waals surface area contributed by atoms with Crippen LogP contribution in [0.3, 0.4) is 0 Å². The number of hydrogen-bond acceptors (Lipinski definition) is 3. The number of carbonyl (C=O) groups is 1. The van der Waals surface area contributed by atoms with Crippen LogP contribution in [-0.2, 0) is 9.53 Å². The molecule has 6 nitrogen and oxygen atoms in total. The van der Waals surface area contributed by atoms with Gasteiger partial charge in [-0.2, -0.15) is 0 Å². The molecular weight excluding hydrogens is 383 g/mol. The number of amides is 1. The predicted molar refractivity (Wildman–Crippen MR) is 96.2 cm³/mol. The maximum atomic E-state index is 11.6. The number of halogens is 1. The summed E-state index contributed by atoms with van der Waals surface area (Å²) in [6.45, 7) is 7.77. The summed E-state index contributed by atoms with van der Waals surface area (Å²) in [4.78, 5) is 17.5. The summed E-state index contributed by atoms with van der Waals surface area (Å²) < 4.78 is 5.36. The predicted octanol–water partition coefficient (Wildman–Crippen LogP) is 0.920. The van der Waals surface area contributed by atoms with E-state index in [1.165, 1.54) is 0 Å². The van der Waals surface area contributed by atoms with Crippen LogP contribution in [0.4, 0.5) is 0 Å². The molecule has 0 aliphatic carbocycles. The molecule has 1 atom stereocenters. The maximum Gasteiger partial charge on any atom is 0.243 e. The summed E-state index contributed by atoms with van der Waals surface area (Å²) in [5.41, 5.74) is 0. The molecule has 0 aromatic rings. The van der Waals surface area contributed by atoms with Gasteiger partial charge in [0.15, 0.2) is 5.96 Å². The number of hydrogen-bond donors (Lipinski definition) is 2. The van der Waals surface area contributed by atoms with Gasteiger partial charge in [-0.3, -0.25) is 4.79 Å². The Labute approximate surface area is 145 Å². The van der Waals surface area contributed by atoms with Gasteiger partial charge in [0.25, 0.3) is 0 Å². The van der Waals surface area contributed by atoms with E-state index in [0.29, 0.717) is 17.8 Å². The van der Waals surface area contributed by atoms with Crippen LogP contribution in [0.25, 0.3) is 0 Å². The molecule has 21 heavy (non-hydrogen) atoms. The quantitative estimate of drug-likeness (QED) is 0.387. The Morgan fingerprint density at radius 1 is 1.38 bits per heavy atom. The van der Waals surface area contributed by atoms with Crippen LogP contribution in [0.5, 0.6) is 0 Å². The van der Waals surface area contributed by atoms with Crippen LogP contribution in [-0.4, -0.2) is 63.7 Å². The van der Waals surface area contributed by atoms with Gasteiger partial charge < -0.3 is 20.3 Å². The zero-order valence-corrected chi connectivity index (χ0v) is 15.8. The van der Waals surface area contributed by atoms with E-state index in [1.807, 2.05) is 0 Å². The summed E-state index contributed by atoms with van der Waals surface area (Å²) in [6.07, 6.45) is 1.08. The van der Waals surface area contributed by atoms with Gasteiger partial charge in [-0.05, 0) is 12.3 Å². The maximum absolute atomic E-state index is 11.6. The lowest BCUT2D eigenvalue weighted by Gasteiger charge is -2.16. The first-order chi connectivity index (χ1) is 9.49. The average molecular weight is 412 g/mol. The highest BCUT2D eigenvalue weighted by Crippen LogP contribution is 2.10. The van der Waals surface area contributed by atoms with Crippen LogP contribution < -0.4 is 10.6 Å². The molecule has 1 saturated heterocycles. The highest BCUT2D eigenvalue weighted by Gasteiger charge is 2.16. The smallest absolute Gasteiger partial charge is 0.243 e. The van der Waals surface area contributed by atoms with Crippen molar-refractivity contribution in [3.8, 4) is 0 Å². The molecule has 2 N–H and O–H groups in total. The molecule has 1 aliphatic rings. The molecular formula is C14H29IN4O2. The standard InChI is InChI=1S/C14H28N4O2.HI/c1-11(2)7-15-14(17-9-13(19)18(3)4)16-8-12-5-6-20-10-12;/h11-12H,5-10H2,1-4H3,(H2,15,16,17);1H. The van der Waals surface area contributed by atoms with Gasteiger partial charge in [-0.1, -0.05) is 13.8 Å². The van der Waals surface area contributed by atoms with Crippen LogP contribution >= 0.6 is 24.0 Å². The van der Waals surface area contributed by atoms with Gasteiger partial charge >= 0.3 is 0 Å². The first-order valence-electron chi connectivity index (χ1n) is 7.29. The Morgan fingerprint density at radius 2 is 2.10 bits per heavy atom. The fourth-order valence-electron chi connectivity index (χ4n) is 1.75. The molecule has 0 saturated carbocycles. The Bertz CT molecular complexity index is 329. The molecule has 0 radical (unpaired) electrons. The van der Waals surface area contributed by atoms with Gasteiger partial charge in [0.1, 0.15) is 6.54 Å². The minimum Gasteiger partial charge on any atom is -0.381 e. The summed E-state index contributed by atoms with van der Waals surface area (Å²) in [5, 5.41) is 6.56. The van der Waals surface area contributed by atoms with Gasteiger partial charge in [0, 0.05) is 39.7 Å². The minimum atomic E-state index is -0.000142. The van der Waals surface area contributed by atoms with Crippen molar-refractivity contribution in [2.45, 2.75) is 20.3 Å². The molecule has 124 valence electrons. The summed E-state index contributed by atoms with van der Waals surface area (Å²) >= 11 is 0. The number of nitrogens with zero attached hydrogens (tertiary/aromatic N) is 2. The number of ether oxygens (including phenoxy) is 1. The van der Waals surface area contributed by atoms with E-state index in [9.17, 15) is 4.79 Å². The van der Waals surface area contributed by atoms with Crippen molar-refractivity contribution < 1.29 is 9.53 Å². The lowest BCUT2D eigenvalue weighted by Crippen LogP contribution is -2.42. The van der Waals surface area contributed by atoms with Crippen molar-refractivity contribution >= 4 is 35.8 Å². The zero-order valence-electron chi connectivity index (χ0n) is 13.5. The number of aliphatic imine (C=N–C) groups is 1. The highest BCUT2D eigenvalue weighted by molar-refractivity contribution is 14.0. The molecule has 1 amide bonds. The molecule has 1 heterocycles. The normalized spacial score (nSPS) is 18.3. The third-order valence-electron chi connectivity index (χ3n) is 3.13. The Kier molecular flexibility index (Phi) is 10.8. The minimum absolute atomic E-state index is 0. The molecule has 1 aliphatic heterocycles. The molecule has 1 unspecified atom stereocenters. The second-order valence-electron chi connectivity index (χ2n) is 5.84. The lowest BCUT2D eigenvalue weighted by molar-refractivity contribution is -0.127. The van der Waals surface area contributed by atoms with E-state index in [2.05, 4.69) is 29.5 Å². The fourth-order valence-corrected chi connectivity index (χ4v) is 1.75. The van der Waals surface area contributed by atoms with Crippen molar-refractivity contribution in [1.82, 2.24) is 15.5 Å². The second-order valence-corrected chi connectivity index (χ2v) is 5.84. The molecule has 0 aromatic carbocycles. The summed E-state index contributed by atoms with van der Waals surface area (Å²) in [7, 11) is 3.48. The van der Waals surface area contributed by atoms with Crippen LogP contribution in [0.15, 0.2) is 4.99 Å². The van der Waals surface area contributed by atoms with Crippen LogP contribution in [0.1, 0.15) is 20.3 Å². The Hall–Kier alpha value is -0.570. The Balaban J connectivity index is 0.00000400. The van der Waals surface area contributed by atoms with Gasteiger partial charge in [-0.15, -0.1) is 24.0 Å². The lowest BCUT2D eigenvalue weighted by atomic mass is 10.1.